The lowest BCUT2D eigenvalue weighted by molar-refractivity contribution is -0.386. The molecule has 5 nitrogen and oxygen atoms in total. The first-order valence-electron chi connectivity index (χ1n) is 7.33. The Bertz CT molecular complexity index is 592. The van der Waals surface area contributed by atoms with Gasteiger partial charge < -0.3 is 10.8 Å². The molecule has 21 heavy (non-hydrogen) atoms. The molecule has 0 fully saturated rings. The third-order valence-electron chi connectivity index (χ3n) is 4.77. The molecule has 0 radical (unpaired) electrons. The van der Waals surface area contributed by atoms with Crippen molar-refractivity contribution in [3.63, 3.8) is 0 Å². The van der Waals surface area contributed by atoms with Gasteiger partial charge in [-0.25, -0.2) is 0 Å². The van der Waals surface area contributed by atoms with Gasteiger partial charge in [0.05, 0.1) is 10.5 Å². The fourth-order valence-corrected chi connectivity index (χ4v) is 3.41. The van der Waals surface area contributed by atoms with Crippen LogP contribution in [0.1, 0.15) is 57.2 Å². The van der Waals surface area contributed by atoms with Crippen LogP contribution in [-0.4, -0.2) is 16.6 Å². The van der Waals surface area contributed by atoms with E-state index < -0.39 is 0 Å². The molecule has 1 aromatic carbocycles. The number of hydrogen-bond donors (Lipinski definition) is 2. The largest absolute Gasteiger partial charge is 0.398 e. The monoisotopic (exact) mass is 292 g/mol. The van der Waals surface area contributed by atoms with Crippen LogP contribution in [0.25, 0.3) is 0 Å². The number of aliphatic hydroxyl groups is 1. The van der Waals surface area contributed by atoms with Crippen molar-refractivity contribution in [2.24, 2.45) is 0 Å². The van der Waals surface area contributed by atoms with Gasteiger partial charge in [-0.15, -0.1) is 0 Å². The van der Waals surface area contributed by atoms with Crippen LogP contribution in [0.3, 0.4) is 0 Å². The second-order valence-corrected chi connectivity index (χ2v) is 7.21. The Morgan fingerprint density at radius 1 is 1.29 bits per heavy atom. The van der Waals surface area contributed by atoms with Crippen molar-refractivity contribution in [3.05, 3.63) is 32.9 Å². The molecule has 0 bridgehead atoms. The van der Waals surface area contributed by atoms with Gasteiger partial charge in [-0.05, 0) is 35.3 Å². The molecule has 1 aliphatic rings. The molecule has 2 rings (SSSR count). The molecule has 0 amide bonds. The van der Waals surface area contributed by atoms with Gasteiger partial charge in [0.2, 0.25) is 0 Å². The molecule has 0 spiro atoms. The summed E-state index contributed by atoms with van der Waals surface area (Å²) in [7, 11) is 0. The summed E-state index contributed by atoms with van der Waals surface area (Å²) in [5, 5.41) is 20.9. The molecule has 5 heteroatoms. The van der Waals surface area contributed by atoms with Gasteiger partial charge in [0, 0.05) is 24.3 Å². The number of rotatable bonds is 3. The third-order valence-corrected chi connectivity index (χ3v) is 4.77. The summed E-state index contributed by atoms with van der Waals surface area (Å²) >= 11 is 0. The van der Waals surface area contributed by atoms with Gasteiger partial charge >= 0.3 is 0 Å². The number of aliphatic hydroxyl groups excluding tert-OH is 1. The zero-order valence-corrected chi connectivity index (χ0v) is 13.2. The maximum absolute atomic E-state index is 11.7. The lowest BCUT2D eigenvalue weighted by Gasteiger charge is -2.41. The van der Waals surface area contributed by atoms with Gasteiger partial charge in [0.15, 0.2) is 0 Å². The van der Waals surface area contributed by atoms with E-state index in [1.807, 2.05) is 19.9 Å². The summed E-state index contributed by atoms with van der Waals surface area (Å²) < 4.78 is 0. The fourth-order valence-electron chi connectivity index (χ4n) is 3.41. The lowest BCUT2D eigenvalue weighted by atomic mass is 9.62. The number of hydrogen-bond acceptors (Lipinski definition) is 4. The van der Waals surface area contributed by atoms with E-state index in [1.54, 1.807) is 0 Å². The Morgan fingerprint density at radius 2 is 1.86 bits per heavy atom. The zero-order valence-electron chi connectivity index (χ0n) is 13.2. The summed E-state index contributed by atoms with van der Waals surface area (Å²) in [6.45, 7) is 8.17. The quantitative estimate of drug-likeness (QED) is 0.509. The lowest BCUT2D eigenvalue weighted by Crippen LogP contribution is -2.35. The first kappa shape index (κ1) is 15.8. The number of nitro groups is 1. The van der Waals surface area contributed by atoms with Crippen molar-refractivity contribution in [1.82, 2.24) is 0 Å². The molecular formula is C16H24N2O3. The molecule has 0 atom stereocenters. The minimum atomic E-state index is -0.330. The average molecular weight is 292 g/mol. The predicted molar refractivity (Wildman–Crippen MR) is 83.6 cm³/mol. The standard InChI is InChI=1S/C16H24N2O3/c1-15(2)6-7-16(3,4)13-11(15)9-12(17)10(5-8-19)14(13)18(20)21/h9,19H,5-8,17H2,1-4H3. The fraction of sp³-hybridized carbons (Fsp3) is 0.625. The predicted octanol–water partition coefficient (Wildman–Crippen LogP) is 3.06. The molecule has 3 N–H and O–H groups in total. The van der Waals surface area contributed by atoms with Gasteiger partial charge in [0.1, 0.15) is 0 Å². The van der Waals surface area contributed by atoms with Crippen LogP contribution in [0.2, 0.25) is 0 Å². The van der Waals surface area contributed by atoms with Crippen molar-refractivity contribution >= 4 is 11.4 Å². The summed E-state index contributed by atoms with van der Waals surface area (Å²) in [6.07, 6.45) is 2.09. The molecule has 0 aromatic heterocycles. The van der Waals surface area contributed by atoms with E-state index in [2.05, 4.69) is 13.8 Å². The Morgan fingerprint density at radius 3 is 2.38 bits per heavy atom. The highest BCUT2D eigenvalue weighted by molar-refractivity contribution is 5.68. The summed E-state index contributed by atoms with van der Waals surface area (Å²) in [5.41, 5.74) is 8.44. The van der Waals surface area contributed by atoms with Crippen LogP contribution in [0.5, 0.6) is 0 Å². The second kappa shape index (κ2) is 4.98. The van der Waals surface area contributed by atoms with Crippen molar-refractivity contribution in [1.29, 1.82) is 0 Å². The molecule has 1 aromatic rings. The van der Waals surface area contributed by atoms with E-state index in [4.69, 9.17) is 5.73 Å². The number of fused-ring (bicyclic) bond motifs is 1. The first-order chi connectivity index (χ1) is 9.62. The number of anilines is 1. The van der Waals surface area contributed by atoms with Crippen LogP contribution >= 0.6 is 0 Å². The van der Waals surface area contributed by atoms with E-state index in [-0.39, 0.29) is 34.5 Å². The van der Waals surface area contributed by atoms with Gasteiger partial charge in [0.25, 0.3) is 5.69 Å². The second-order valence-electron chi connectivity index (χ2n) is 7.21. The molecular weight excluding hydrogens is 268 g/mol. The van der Waals surface area contributed by atoms with Crippen LogP contribution in [0, 0.1) is 10.1 Å². The summed E-state index contributed by atoms with van der Waals surface area (Å²) in [5.74, 6) is 0. The molecule has 0 aliphatic heterocycles. The SMILES string of the molecule is CC1(C)CCC(C)(C)c2c1cc(N)c(CCO)c2[N+](=O)[O-]. The van der Waals surface area contributed by atoms with Crippen molar-refractivity contribution in [2.45, 2.75) is 57.8 Å². The van der Waals surface area contributed by atoms with Crippen molar-refractivity contribution in [3.8, 4) is 0 Å². The molecule has 1 aliphatic carbocycles. The van der Waals surface area contributed by atoms with E-state index in [0.29, 0.717) is 11.3 Å². The molecule has 0 saturated heterocycles. The molecule has 0 unspecified atom stereocenters. The highest BCUT2D eigenvalue weighted by atomic mass is 16.6. The molecule has 116 valence electrons. The van der Waals surface area contributed by atoms with Crippen LogP contribution < -0.4 is 5.73 Å². The van der Waals surface area contributed by atoms with Crippen LogP contribution in [-0.2, 0) is 17.3 Å². The van der Waals surface area contributed by atoms with Crippen molar-refractivity contribution < 1.29 is 10.0 Å². The van der Waals surface area contributed by atoms with Gasteiger partial charge in [-0.3, -0.25) is 10.1 Å². The molecule has 0 heterocycles. The number of nitrogen functional groups attached to an aromatic ring is 1. The van der Waals surface area contributed by atoms with Gasteiger partial charge in [-0.1, -0.05) is 27.7 Å². The smallest absolute Gasteiger partial charge is 0.278 e. The highest BCUT2D eigenvalue weighted by Crippen LogP contribution is 2.51. The summed E-state index contributed by atoms with van der Waals surface area (Å²) in [6, 6.07) is 1.88. The van der Waals surface area contributed by atoms with Crippen LogP contribution in [0.4, 0.5) is 11.4 Å². The third kappa shape index (κ3) is 2.50. The van der Waals surface area contributed by atoms with E-state index in [0.717, 1.165) is 24.0 Å². The van der Waals surface area contributed by atoms with Gasteiger partial charge in [-0.2, -0.15) is 0 Å². The minimum absolute atomic E-state index is 0.108. The van der Waals surface area contributed by atoms with E-state index >= 15 is 0 Å². The normalized spacial score (nSPS) is 19.1. The van der Waals surface area contributed by atoms with E-state index in [9.17, 15) is 15.2 Å². The minimum Gasteiger partial charge on any atom is -0.398 e. The van der Waals surface area contributed by atoms with Crippen molar-refractivity contribution in [2.75, 3.05) is 12.3 Å². The Hall–Kier alpha value is -1.62. The summed E-state index contributed by atoms with van der Waals surface area (Å²) in [4.78, 5) is 11.4. The Labute approximate surface area is 125 Å². The first-order valence-corrected chi connectivity index (χ1v) is 7.33. The Kier molecular flexibility index (Phi) is 3.74. The maximum atomic E-state index is 11.7. The van der Waals surface area contributed by atoms with E-state index in [1.165, 1.54) is 0 Å². The number of nitrogens with two attached hydrogens (primary N) is 1. The average Bonchev–Trinajstić information content (AvgIpc) is 2.36. The number of nitrogens with zero attached hydrogens (tertiary/aromatic N) is 1. The molecule has 0 saturated carbocycles. The maximum Gasteiger partial charge on any atom is 0.278 e. The Balaban J connectivity index is 2.88. The number of nitro benzene ring substituents is 1. The topological polar surface area (TPSA) is 89.4 Å². The zero-order chi connectivity index (χ0) is 16.0. The van der Waals surface area contributed by atoms with Crippen LogP contribution in [0.15, 0.2) is 6.07 Å². The highest BCUT2D eigenvalue weighted by Gasteiger charge is 2.43. The number of benzene rings is 1.